The molecule has 4 nitrogen and oxygen atoms in total. The molecule has 5 rings (SSSR count). The van der Waals surface area contributed by atoms with E-state index in [-0.39, 0.29) is 12.0 Å². The van der Waals surface area contributed by atoms with Gasteiger partial charge in [0.2, 0.25) is 0 Å². The molecule has 0 amide bonds. The van der Waals surface area contributed by atoms with Gasteiger partial charge >= 0.3 is 0 Å². The molecule has 0 radical (unpaired) electrons. The molecule has 0 bridgehead atoms. The Kier molecular flexibility index (Phi) is 5.76. The molecule has 1 aliphatic carbocycles. The number of anilines is 2. The van der Waals surface area contributed by atoms with Gasteiger partial charge in [0.05, 0.1) is 16.6 Å². The van der Waals surface area contributed by atoms with Gasteiger partial charge in [0.1, 0.15) is 0 Å². The van der Waals surface area contributed by atoms with Gasteiger partial charge in [0, 0.05) is 11.6 Å². The molecule has 2 aliphatic rings. The van der Waals surface area contributed by atoms with Crippen LogP contribution in [-0.4, -0.2) is 8.42 Å². The first-order valence-corrected chi connectivity index (χ1v) is 13.5. The Morgan fingerprint density at radius 3 is 2.35 bits per heavy atom. The Bertz CT molecular complexity index is 1340. The van der Waals surface area contributed by atoms with Crippen molar-refractivity contribution in [2.75, 3.05) is 10.0 Å². The van der Waals surface area contributed by atoms with Crippen LogP contribution in [0.5, 0.6) is 0 Å². The molecule has 3 aromatic rings. The van der Waals surface area contributed by atoms with Gasteiger partial charge in [-0.1, -0.05) is 68.5 Å². The van der Waals surface area contributed by atoms with Crippen LogP contribution in [0, 0.1) is 19.8 Å². The molecule has 0 spiro atoms. The number of sulfonamides is 1. The molecule has 3 aromatic carbocycles. The second-order valence-corrected chi connectivity index (χ2v) is 11.6. The maximum atomic E-state index is 13.3. The number of allylic oxidation sites excluding steroid dienone is 2. The molecular weight excluding hydrogens is 440 g/mol. The normalized spacial score (nSPS) is 21.1. The summed E-state index contributed by atoms with van der Waals surface area (Å²) in [6.45, 7) is 8.26. The van der Waals surface area contributed by atoms with Crippen molar-refractivity contribution < 1.29 is 8.42 Å². The second kappa shape index (κ2) is 8.62. The van der Waals surface area contributed by atoms with Gasteiger partial charge in [-0.15, -0.1) is 0 Å². The number of hydrogen-bond acceptors (Lipinski definition) is 3. The first kappa shape index (κ1) is 22.7. The molecule has 0 saturated heterocycles. The van der Waals surface area contributed by atoms with Gasteiger partial charge in [-0.05, 0) is 78.1 Å². The van der Waals surface area contributed by atoms with Crippen LogP contribution in [0.15, 0.2) is 77.7 Å². The average Bonchev–Trinajstić information content (AvgIpc) is 3.31. The quantitative estimate of drug-likeness (QED) is 0.391. The van der Waals surface area contributed by atoms with Gasteiger partial charge in [0.25, 0.3) is 10.0 Å². The van der Waals surface area contributed by atoms with Crippen LogP contribution < -0.4 is 10.0 Å². The van der Waals surface area contributed by atoms with Gasteiger partial charge in [-0.25, -0.2) is 8.42 Å². The van der Waals surface area contributed by atoms with Crippen molar-refractivity contribution in [1.82, 2.24) is 0 Å². The summed E-state index contributed by atoms with van der Waals surface area (Å²) in [6.07, 6.45) is 5.46. The van der Waals surface area contributed by atoms with E-state index in [4.69, 9.17) is 0 Å². The van der Waals surface area contributed by atoms with E-state index in [2.05, 4.69) is 60.3 Å². The molecule has 1 heterocycles. The van der Waals surface area contributed by atoms with Crippen LogP contribution in [0.25, 0.3) is 0 Å². The predicted octanol–water partition coefficient (Wildman–Crippen LogP) is 7.05. The lowest BCUT2D eigenvalue weighted by Gasteiger charge is -2.37. The standard InChI is InChI=1S/C29H32N2O2S/c1-18(2)21-11-13-22(14-12-21)29-25-10-6-9-24(25)26-17-23(15-16-27(26)30-29)34(32,33)31-28-19(3)7-5-8-20(28)4/h5-9,11-18,24-25,29-31H,10H2,1-4H3. The number of nitrogens with one attached hydrogen (secondary N) is 2. The van der Waals surface area contributed by atoms with Crippen molar-refractivity contribution in [3.05, 3.63) is 101 Å². The summed E-state index contributed by atoms with van der Waals surface area (Å²) in [5.74, 6) is 1.07. The Labute approximate surface area is 203 Å². The van der Waals surface area contributed by atoms with Crippen molar-refractivity contribution in [2.45, 2.75) is 56.9 Å². The molecule has 0 saturated carbocycles. The van der Waals surface area contributed by atoms with E-state index in [0.29, 0.717) is 22.4 Å². The summed E-state index contributed by atoms with van der Waals surface area (Å²) in [5.41, 5.74) is 7.16. The number of benzene rings is 3. The second-order valence-electron chi connectivity index (χ2n) is 9.92. The van der Waals surface area contributed by atoms with Gasteiger partial charge in [0.15, 0.2) is 0 Å². The van der Waals surface area contributed by atoms with Crippen molar-refractivity contribution in [1.29, 1.82) is 0 Å². The number of aryl methyl sites for hydroxylation is 2. The van der Waals surface area contributed by atoms with Crippen molar-refractivity contribution >= 4 is 21.4 Å². The smallest absolute Gasteiger partial charge is 0.261 e. The minimum Gasteiger partial charge on any atom is -0.378 e. The van der Waals surface area contributed by atoms with Gasteiger partial charge in [-0.2, -0.15) is 0 Å². The summed E-state index contributed by atoms with van der Waals surface area (Å²) in [6, 6.07) is 20.4. The Hall–Kier alpha value is -3.05. The molecule has 1 aliphatic heterocycles. The molecule has 176 valence electrons. The van der Waals surface area contributed by atoms with E-state index in [0.717, 1.165) is 28.8 Å². The molecule has 34 heavy (non-hydrogen) atoms. The van der Waals surface area contributed by atoms with E-state index in [1.165, 1.54) is 11.1 Å². The first-order valence-electron chi connectivity index (χ1n) is 12.0. The van der Waals surface area contributed by atoms with Crippen LogP contribution in [0.2, 0.25) is 0 Å². The molecule has 5 heteroatoms. The van der Waals surface area contributed by atoms with Gasteiger partial charge < -0.3 is 5.32 Å². The van der Waals surface area contributed by atoms with Crippen LogP contribution in [0.4, 0.5) is 11.4 Å². The molecule has 2 N–H and O–H groups in total. The summed E-state index contributed by atoms with van der Waals surface area (Å²) < 4.78 is 29.4. The van der Waals surface area contributed by atoms with Crippen LogP contribution in [0.1, 0.15) is 66.0 Å². The van der Waals surface area contributed by atoms with Gasteiger partial charge in [-0.3, -0.25) is 4.72 Å². The predicted molar refractivity (Wildman–Crippen MR) is 140 cm³/mol. The van der Waals surface area contributed by atoms with E-state index in [9.17, 15) is 8.42 Å². The zero-order valence-electron chi connectivity index (χ0n) is 20.2. The molecule has 3 atom stereocenters. The lowest BCUT2D eigenvalue weighted by molar-refractivity contribution is 0.425. The highest BCUT2D eigenvalue weighted by Gasteiger charge is 2.38. The summed E-state index contributed by atoms with van der Waals surface area (Å²) >= 11 is 0. The summed E-state index contributed by atoms with van der Waals surface area (Å²) in [5, 5.41) is 3.72. The van der Waals surface area contributed by atoms with Crippen LogP contribution in [-0.2, 0) is 10.0 Å². The Morgan fingerprint density at radius 2 is 1.68 bits per heavy atom. The van der Waals surface area contributed by atoms with Crippen LogP contribution >= 0.6 is 0 Å². The maximum absolute atomic E-state index is 13.3. The van der Waals surface area contributed by atoms with Crippen molar-refractivity contribution in [3.63, 3.8) is 0 Å². The highest BCUT2D eigenvalue weighted by molar-refractivity contribution is 7.92. The monoisotopic (exact) mass is 472 g/mol. The summed E-state index contributed by atoms with van der Waals surface area (Å²) in [4.78, 5) is 0.300. The SMILES string of the molecule is Cc1cccc(C)c1NS(=O)(=O)c1ccc2c(c1)C1C=CCC1C(c1ccc(C(C)C)cc1)N2. The van der Waals surface area contributed by atoms with E-state index in [1.807, 2.05) is 44.2 Å². The van der Waals surface area contributed by atoms with Crippen LogP contribution in [0.3, 0.4) is 0 Å². The lowest BCUT2D eigenvalue weighted by Crippen LogP contribution is -2.29. The molecule has 0 fully saturated rings. The van der Waals surface area contributed by atoms with E-state index in [1.54, 1.807) is 6.07 Å². The minimum atomic E-state index is -3.70. The topological polar surface area (TPSA) is 58.2 Å². The number of para-hydroxylation sites is 1. The highest BCUT2D eigenvalue weighted by atomic mass is 32.2. The largest absolute Gasteiger partial charge is 0.378 e. The third kappa shape index (κ3) is 4.03. The highest BCUT2D eigenvalue weighted by Crippen LogP contribution is 2.50. The minimum absolute atomic E-state index is 0.196. The first-order chi connectivity index (χ1) is 16.2. The number of fused-ring (bicyclic) bond motifs is 3. The summed E-state index contributed by atoms with van der Waals surface area (Å²) in [7, 11) is -3.70. The molecular formula is C29H32N2O2S. The lowest BCUT2D eigenvalue weighted by atomic mass is 9.77. The fraction of sp³-hybridized carbons (Fsp3) is 0.310. The van der Waals surface area contributed by atoms with E-state index >= 15 is 0 Å². The Morgan fingerprint density at radius 1 is 0.971 bits per heavy atom. The zero-order valence-corrected chi connectivity index (χ0v) is 21.0. The number of hydrogen-bond donors (Lipinski definition) is 2. The third-order valence-electron chi connectivity index (χ3n) is 7.32. The van der Waals surface area contributed by atoms with Crippen molar-refractivity contribution in [2.24, 2.45) is 5.92 Å². The maximum Gasteiger partial charge on any atom is 0.261 e. The third-order valence-corrected chi connectivity index (χ3v) is 8.67. The fourth-order valence-corrected chi connectivity index (χ4v) is 6.56. The molecule has 0 aromatic heterocycles. The Balaban J connectivity index is 1.48. The fourth-order valence-electron chi connectivity index (χ4n) is 5.33. The molecule has 3 unspecified atom stereocenters. The van der Waals surface area contributed by atoms with Crippen molar-refractivity contribution in [3.8, 4) is 0 Å². The number of rotatable bonds is 5. The average molecular weight is 473 g/mol. The van der Waals surface area contributed by atoms with E-state index < -0.39 is 10.0 Å². The zero-order chi connectivity index (χ0) is 24.0.